The number of ether oxygens (including phenoxy) is 1. The van der Waals surface area contributed by atoms with Crippen molar-refractivity contribution < 1.29 is 9.53 Å². The molecule has 1 unspecified atom stereocenters. The van der Waals surface area contributed by atoms with Crippen LogP contribution in [-0.2, 0) is 4.79 Å². The molecule has 0 spiro atoms. The summed E-state index contributed by atoms with van der Waals surface area (Å²) < 4.78 is 6.85. The first kappa shape index (κ1) is 15.3. The number of carbonyl (C=O) groups is 1. The first-order chi connectivity index (χ1) is 10.6. The molecule has 4 heteroatoms. The molecule has 1 saturated carbocycles. The Hall–Kier alpha value is -1.55. The molecule has 1 atom stereocenters. The van der Waals surface area contributed by atoms with Crippen molar-refractivity contribution in [3.63, 3.8) is 0 Å². The van der Waals surface area contributed by atoms with Crippen LogP contribution in [0.3, 0.4) is 0 Å². The predicted octanol–water partition coefficient (Wildman–Crippen LogP) is 4.43. The minimum Gasteiger partial charge on any atom is -0.481 e. The molecule has 2 aromatic rings. The summed E-state index contributed by atoms with van der Waals surface area (Å²) in [5.41, 5.74) is 0. The summed E-state index contributed by atoms with van der Waals surface area (Å²) in [6.45, 7) is 1.80. The Bertz CT molecular complexity index is 680. The van der Waals surface area contributed by atoms with Gasteiger partial charge in [0.2, 0.25) is 0 Å². The zero-order chi connectivity index (χ0) is 15.5. The van der Waals surface area contributed by atoms with Crippen molar-refractivity contribution in [2.75, 3.05) is 0 Å². The van der Waals surface area contributed by atoms with E-state index in [1.165, 1.54) is 12.8 Å². The fraction of sp³-hybridized carbons (Fsp3) is 0.389. The minimum absolute atomic E-state index is 0.0252. The second kappa shape index (κ2) is 6.69. The molecule has 22 heavy (non-hydrogen) atoms. The van der Waals surface area contributed by atoms with Crippen molar-refractivity contribution in [2.45, 2.75) is 44.8 Å². The summed E-state index contributed by atoms with van der Waals surface area (Å²) in [6.07, 6.45) is 4.11. The highest BCUT2D eigenvalue weighted by Crippen LogP contribution is 2.25. The third-order valence-electron chi connectivity index (χ3n) is 4.16. The molecule has 1 N–H and O–H groups in total. The second-order valence-corrected chi connectivity index (χ2v) is 6.82. The summed E-state index contributed by atoms with van der Waals surface area (Å²) in [6, 6.07) is 12.3. The molecule has 3 rings (SSSR count). The maximum Gasteiger partial charge on any atom is 0.260 e. The van der Waals surface area contributed by atoms with Crippen LogP contribution in [0.1, 0.15) is 32.6 Å². The van der Waals surface area contributed by atoms with Crippen molar-refractivity contribution in [1.29, 1.82) is 0 Å². The van der Waals surface area contributed by atoms with Gasteiger partial charge in [0.05, 0.1) is 0 Å². The molecule has 116 valence electrons. The molecule has 0 saturated heterocycles. The van der Waals surface area contributed by atoms with Crippen LogP contribution in [0, 0.1) is 0 Å². The molecule has 1 aliphatic carbocycles. The lowest BCUT2D eigenvalue weighted by atomic mass is 10.1. The van der Waals surface area contributed by atoms with E-state index in [1.807, 2.05) is 30.3 Å². The Morgan fingerprint density at radius 2 is 1.86 bits per heavy atom. The van der Waals surface area contributed by atoms with Gasteiger partial charge in [-0.3, -0.25) is 4.79 Å². The SMILES string of the molecule is CC(Oc1ccc2cc(Br)ccc2c1)C(=O)NC1CCCC1. The maximum atomic E-state index is 12.2. The summed E-state index contributed by atoms with van der Waals surface area (Å²) >= 11 is 3.47. The zero-order valence-electron chi connectivity index (χ0n) is 12.6. The number of nitrogens with one attached hydrogen (secondary N) is 1. The Labute approximate surface area is 139 Å². The van der Waals surface area contributed by atoms with Crippen LogP contribution in [-0.4, -0.2) is 18.1 Å². The van der Waals surface area contributed by atoms with E-state index in [0.29, 0.717) is 6.04 Å². The highest BCUT2D eigenvalue weighted by atomic mass is 79.9. The van der Waals surface area contributed by atoms with Gasteiger partial charge in [-0.2, -0.15) is 0 Å². The van der Waals surface area contributed by atoms with Crippen LogP contribution in [0.2, 0.25) is 0 Å². The van der Waals surface area contributed by atoms with Gasteiger partial charge in [-0.25, -0.2) is 0 Å². The van der Waals surface area contributed by atoms with Crippen LogP contribution in [0.15, 0.2) is 40.9 Å². The summed E-state index contributed by atoms with van der Waals surface area (Å²) in [7, 11) is 0. The lowest BCUT2D eigenvalue weighted by Gasteiger charge is -2.18. The third kappa shape index (κ3) is 3.61. The smallest absolute Gasteiger partial charge is 0.260 e. The van der Waals surface area contributed by atoms with Crippen molar-refractivity contribution in [1.82, 2.24) is 5.32 Å². The third-order valence-corrected chi connectivity index (χ3v) is 4.65. The summed E-state index contributed by atoms with van der Waals surface area (Å²) in [4.78, 5) is 12.2. The molecule has 1 amide bonds. The Morgan fingerprint density at radius 3 is 2.64 bits per heavy atom. The van der Waals surface area contributed by atoms with Crippen LogP contribution in [0.5, 0.6) is 5.75 Å². The average molecular weight is 362 g/mol. The zero-order valence-corrected chi connectivity index (χ0v) is 14.2. The number of fused-ring (bicyclic) bond motifs is 1. The lowest BCUT2D eigenvalue weighted by molar-refractivity contribution is -0.127. The van der Waals surface area contributed by atoms with Gasteiger partial charge >= 0.3 is 0 Å². The number of rotatable bonds is 4. The largest absolute Gasteiger partial charge is 0.481 e. The monoisotopic (exact) mass is 361 g/mol. The first-order valence-corrected chi connectivity index (χ1v) is 8.57. The normalized spacial score (nSPS) is 16.6. The van der Waals surface area contributed by atoms with Gasteiger partial charge in [-0.15, -0.1) is 0 Å². The molecular formula is C18H20BrNO2. The van der Waals surface area contributed by atoms with Crippen molar-refractivity contribution in [3.05, 3.63) is 40.9 Å². The molecule has 0 aromatic heterocycles. The Balaban J connectivity index is 1.66. The van der Waals surface area contributed by atoms with E-state index in [0.717, 1.165) is 33.8 Å². The fourth-order valence-electron chi connectivity index (χ4n) is 2.91. The van der Waals surface area contributed by atoms with Gasteiger partial charge < -0.3 is 10.1 Å². The number of hydrogen-bond acceptors (Lipinski definition) is 2. The highest BCUT2D eigenvalue weighted by Gasteiger charge is 2.21. The van der Waals surface area contributed by atoms with Gasteiger partial charge in [0, 0.05) is 10.5 Å². The molecule has 0 aliphatic heterocycles. The minimum atomic E-state index is -0.478. The molecule has 0 bridgehead atoms. The van der Waals surface area contributed by atoms with E-state index >= 15 is 0 Å². The number of carbonyl (C=O) groups excluding carboxylic acids is 1. The van der Waals surface area contributed by atoms with E-state index in [-0.39, 0.29) is 5.91 Å². The van der Waals surface area contributed by atoms with Crippen LogP contribution >= 0.6 is 15.9 Å². The van der Waals surface area contributed by atoms with E-state index < -0.39 is 6.10 Å². The van der Waals surface area contributed by atoms with Crippen molar-refractivity contribution in [2.24, 2.45) is 0 Å². The van der Waals surface area contributed by atoms with Crippen LogP contribution < -0.4 is 10.1 Å². The molecule has 1 aliphatic rings. The van der Waals surface area contributed by atoms with Gasteiger partial charge in [-0.1, -0.05) is 40.9 Å². The molecular weight excluding hydrogens is 342 g/mol. The van der Waals surface area contributed by atoms with Crippen LogP contribution in [0.4, 0.5) is 0 Å². The quantitative estimate of drug-likeness (QED) is 0.874. The Kier molecular flexibility index (Phi) is 4.67. The van der Waals surface area contributed by atoms with E-state index in [2.05, 4.69) is 27.3 Å². The van der Waals surface area contributed by atoms with Gasteiger partial charge in [-0.05, 0) is 54.8 Å². The number of amides is 1. The van der Waals surface area contributed by atoms with E-state index in [4.69, 9.17) is 4.74 Å². The topological polar surface area (TPSA) is 38.3 Å². The van der Waals surface area contributed by atoms with Crippen molar-refractivity contribution >= 4 is 32.6 Å². The molecule has 1 fully saturated rings. The molecule has 0 radical (unpaired) electrons. The highest BCUT2D eigenvalue weighted by molar-refractivity contribution is 9.10. The van der Waals surface area contributed by atoms with E-state index in [9.17, 15) is 4.79 Å². The molecule has 0 heterocycles. The summed E-state index contributed by atoms with van der Waals surface area (Å²) in [5.74, 6) is 0.701. The lowest BCUT2D eigenvalue weighted by Crippen LogP contribution is -2.41. The standard InChI is InChI=1S/C18H20BrNO2/c1-12(18(21)20-16-4-2-3-5-16)22-17-9-7-13-10-15(19)8-6-14(13)11-17/h6-12,16H,2-5H2,1H3,(H,20,21). The van der Waals surface area contributed by atoms with Gasteiger partial charge in [0.25, 0.3) is 5.91 Å². The number of benzene rings is 2. The molecule has 3 nitrogen and oxygen atoms in total. The fourth-order valence-corrected chi connectivity index (χ4v) is 3.29. The first-order valence-electron chi connectivity index (χ1n) is 7.78. The van der Waals surface area contributed by atoms with Crippen LogP contribution in [0.25, 0.3) is 10.8 Å². The molecule has 2 aromatic carbocycles. The maximum absolute atomic E-state index is 12.2. The van der Waals surface area contributed by atoms with E-state index in [1.54, 1.807) is 6.92 Å². The number of halogens is 1. The van der Waals surface area contributed by atoms with Gasteiger partial charge in [0.15, 0.2) is 6.10 Å². The van der Waals surface area contributed by atoms with Crippen molar-refractivity contribution in [3.8, 4) is 5.75 Å². The summed E-state index contributed by atoms with van der Waals surface area (Å²) in [5, 5.41) is 5.32. The Morgan fingerprint density at radius 1 is 1.18 bits per heavy atom. The second-order valence-electron chi connectivity index (χ2n) is 5.90. The average Bonchev–Trinajstić information content (AvgIpc) is 3.00. The number of hydrogen-bond donors (Lipinski definition) is 1. The predicted molar refractivity (Wildman–Crippen MR) is 92.1 cm³/mol. The van der Waals surface area contributed by atoms with Gasteiger partial charge in [0.1, 0.15) is 5.75 Å².